The molecule has 0 aliphatic heterocycles. The normalized spacial score (nSPS) is 25.4. The number of amides is 2. The van der Waals surface area contributed by atoms with Crippen molar-refractivity contribution in [1.82, 2.24) is 9.80 Å². The van der Waals surface area contributed by atoms with Crippen molar-refractivity contribution < 1.29 is 39.6 Å². The highest BCUT2D eigenvalue weighted by Gasteiger charge is 2.64. The van der Waals surface area contributed by atoms with Crippen LogP contribution in [0.25, 0.3) is 5.76 Å². The lowest BCUT2D eigenvalue weighted by molar-refractivity contribution is -0.153. The summed E-state index contributed by atoms with van der Waals surface area (Å²) in [4.78, 5) is 57.3. The van der Waals surface area contributed by atoms with Gasteiger partial charge in [-0.15, -0.1) is 0 Å². The van der Waals surface area contributed by atoms with Crippen LogP contribution in [0.1, 0.15) is 30.4 Å². The number of phenols is 1. The molecule has 3 unspecified atom stereocenters. The van der Waals surface area contributed by atoms with Gasteiger partial charge in [0.2, 0.25) is 11.7 Å². The highest BCUT2D eigenvalue weighted by molar-refractivity contribution is 6.24. The van der Waals surface area contributed by atoms with Crippen LogP contribution in [0.15, 0.2) is 23.0 Å². The number of Topliss-reactive ketones (excluding diaryl/α,β-unsaturated/α-hetero) is 2. The van der Waals surface area contributed by atoms with E-state index in [1.54, 1.807) is 39.2 Å². The van der Waals surface area contributed by atoms with E-state index in [0.29, 0.717) is 24.2 Å². The Morgan fingerprint density at radius 3 is 2.29 bits per heavy atom. The molecule has 1 aromatic rings. The third-order valence-electron chi connectivity index (χ3n) is 8.46. The van der Waals surface area contributed by atoms with Crippen LogP contribution in [0.4, 0.5) is 11.4 Å². The number of carbonyl (C=O) groups excluding carboxylic acids is 4. The van der Waals surface area contributed by atoms with E-state index in [9.17, 15) is 39.6 Å². The average molecular weight is 586 g/mol. The first-order valence-electron chi connectivity index (χ1n) is 13.7. The second kappa shape index (κ2) is 11.0. The topological polar surface area (TPSA) is 197 Å². The Morgan fingerprint density at radius 1 is 1.10 bits per heavy atom. The van der Waals surface area contributed by atoms with E-state index in [2.05, 4.69) is 5.32 Å². The van der Waals surface area contributed by atoms with E-state index in [1.165, 1.54) is 4.90 Å². The number of carbonyl (C=O) groups is 4. The molecule has 3 aliphatic carbocycles. The first-order chi connectivity index (χ1) is 19.5. The van der Waals surface area contributed by atoms with Crippen molar-refractivity contribution in [2.45, 2.75) is 37.3 Å². The van der Waals surface area contributed by atoms with Crippen molar-refractivity contribution in [2.75, 3.05) is 59.0 Å². The molecule has 0 radical (unpaired) electrons. The number of phenolic OH excluding ortho intramolecular Hbond substituents is 1. The smallest absolute Gasteiger partial charge is 0.255 e. The summed E-state index contributed by atoms with van der Waals surface area (Å²) in [7, 11) is 10.4. The zero-order valence-electron chi connectivity index (χ0n) is 24.7. The molecule has 2 amide bonds. The van der Waals surface area contributed by atoms with Crippen LogP contribution in [0.3, 0.4) is 0 Å². The second-order valence-corrected chi connectivity index (χ2v) is 12.0. The number of aliphatic hydroxyl groups excluding tert-OH is 2. The number of nitrogens with two attached hydrogens (primary N) is 1. The minimum atomic E-state index is -2.72. The minimum Gasteiger partial charge on any atom is -0.508 e. The molecule has 42 heavy (non-hydrogen) atoms. The number of benzene rings is 1. The van der Waals surface area contributed by atoms with Gasteiger partial charge in [0.1, 0.15) is 22.8 Å². The molecule has 4 atom stereocenters. The number of nitrogens with zero attached hydrogens (tertiary/aromatic N) is 3. The van der Waals surface area contributed by atoms with Gasteiger partial charge < -0.3 is 41.3 Å². The van der Waals surface area contributed by atoms with Gasteiger partial charge in [0.25, 0.3) is 5.91 Å². The monoisotopic (exact) mass is 585 g/mol. The number of fused-ring (bicyclic) bond motifs is 3. The quantitative estimate of drug-likeness (QED) is 0.181. The van der Waals surface area contributed by atoms with Gasteiger partial charge in [-0.2, -0.15) is 0 Å². The summed E-state index contributed by atoms with van der Waals surface area (Å²) in [6.07, 6.45) is 0.904. The number of primary amides is 1. The Kier molecular flexibility index (Phi) is 8.15. The summed E-state index contributed by atoms with van der Waals surface area (Å²) in [6.45, 7) is 0.686. The van der Waals surface area contributed by atoms with Crippen LogP contribution in [0.5, 0.6) is 5.75 Å². The Hall–Kier alpha value is -3.94. The Morgan fingerprint density at radius 2 is 1.74 bits per heavy atom. The molecule has 1 aromatic carbocycles. The predicted octanol–water partition coefficient (Wildman–Crippen LogP) is 0.310. The van der Waals surface area contributed by atoms with E-state index in [4.69, 9.17) is 5.73 Å². The summed E-state index contributed by atoms with van der Waals surface area (Å²) in [5.74, 6) is -7.61. The minimum absolute atomic E-state index is 0.0102. The van der Waals surface area contributed by atoms with Gasteiger partial charge in [0, 0.05) is 37.7 Å². The zero-order valence-corrected chi connectivity index (χ0v) is 24.7. The maximum Gasteiger partial charge on any atom is 0.255 e. The molecule has 7 N–H and O–H groups in total. The van der Waals surface area contributed by atoms with Gasteiger partial charge in [-0.3, -0.25) is 24.1 Å². The molecule has 228 valence electrons. The summed E-state index contributed by atoms with van der Waals surface area (Å²) in [5.41, 5.74) is 2.57. The summed E-state index contributed by atoms with van der Waals surface area (Å²) in [6, 6.07) is 0.437. The standard InChI is InChI=1S/C29H39N5O8/c1-32(2)9-7-8-18(35)31-16-12-17(33(3)4)14-10-13-11-15-22(34(5)6)25(38)21(28(30)41)27(40)29(15,42)26(39)19(13)24(37)20(14)23(16)36/h12-13,15,22,36-37,40,42H,7-11H2,1-6H3,(H2,30,41)(H,31,35)/t13?,15?,22-,29?/m0/s1. The summed E-state index contributed by atoms with van der Waals surface area (Å²) >= 11 is 0. The molecule has 13 heteroatoms. The molecule has 1 fully saturated rings. The van der Waals surface area contributed by atoms with E-state index in [1.807, 2.05) is 19.0 Å². The number of ketones is 2. The third-order valence-corrected chi connectivity index (χ3v) is 8.46. The molecule has 3 aliphatic rings. The maximum absolute atomic E-state index is 14.0. The van der Waals surface area contributed by atoms with Crippen LogP contribution in [0.2, 0.25) is 0 Å². The molecule has 0 aromatic heterocycles. The number of aromatic hydroxyl groups is 1. The lowest BCUT2D eigenvalue weighted by Gasteiger charge is -2.50. The number of anilines is 2. The molecule has 4 rings (SSSR count). The molecule has 0 heterocycles. The van der Waals surface area contributed by atoms with Crippen LogP contribution in [-0.4, -0.2) is 114 Å². The first kappa shape index (κ1) is 31.0. The van der Waals surface area contributed by atoms with Crippen LogP contribution in [-0.2, 0) is 25.6 Å². The number of nitrogens with one attached hydrogen (secondary N) is 1. The van der Waals surface area contributed by atoms with Crippen LogP contribution < -0.4 is 16.0 Å². The highest BCUT2D eigenvalue weighted by atomic mass is 16.3. The maximum atomic E-state index is 14.0. The lowest BCUT2D eigenvalue weighted by atomic mass is 9.57. The SMILES string of the molecule is CN(C)CCCC(=O)Nc1cc(N(C)C)c2c(c1O)C(O)=C1C(=O)C3(O)C(O)=C(C(N)=O)C(=O)[C@@H](N(C)C)C3CC1C2. The fourth-order valence-electron chi connectivity index (χ4n) is 6.55. The van der Waals surface area contributed by atoms with Crippen LogP contribution >= 0.6 is 0 Å². The number of hydrogen-bond acceptors (Lipinski definition) is 11. The van der Waals surface area contributed by atoms with E-state index in [-0.39, 0.29) is 42.0 Å². The summed E-state index contributed by atoms with van der Waals surface area (Å²) in [5, 5.41) is 48.3. The first-order valence-corrected chi connectivity index (χ1v) is 13.7. The number of likely N-dealkylation sites (N-methyl/N-ethyl adjacent to an activating group) is 1. The largest absolute Gasteiger partial charge is 0.508 e. The van der Waals surface area contributed by atoms with Crippen molar-refractivity contribution in [1.29, 1.82) is 0 Å². The van der Waals surface area contributed by atoms with Crippen molar-refractivity contribution in [2.24, 2.45) is 17.6 Å². The van der Waals surface area contributed by atoms with Crippen molar-refractivity contribution in [3.8, 4) is 5.75 Å². The predicted molar refractivity (Wildman–Crippen MR) is 155 cm³/mol. The highest BCUT2D eigenvalue weighted by Crippen LogP contribution is 2.54. The number of rotatable bonds is 8. The number of aliphatic hydroxyl groups is 3. The fraction of sp³-hybridized carbons (Fsp3) is 0.517. The summed E-state index contributed by atoms with van der Waals surface area (Å²) < 4.78 is 0. The molecule has 0 saturated heterocycles. The molecule has 1 saturated carbocycles. The number of hydrogen-bond donors (Lipinski definition) is 6. The molecular formula is C29H39N5O8. The Labute approximate surface area is 243 Å². The van der Waals surface area contributed by atoms with E-state index in [0.717, 1.165) is 0 Å². The Balaban J connectivity index is 1.87. The van der Waals surface area contributed by atoms with Crippen molar-refractivity contribution in [3.05, 3.63) is 34.1 Å². The molecule has 0 spiro atoms. The van der Waals surface area contributed by atoms with Crippen molar-refractivity contribution in [3.63, 3.8) is 0 Å². The Bertz CT molecular complexity index is 1430. The third kappa shape index (κ3) is 4.80. The fourth-order valence-corrected chi connectivity index (χ4v) is 6.55. The molecule has 13 nitrogen and oxygen atoms in total. The van der Waals surface area contributed by atoms with Gasteiger partial charge in [0.05, 0.1) is 17.3 Å². The van der Waals surface area contributed by atoms with Gasteiger partial charge in [-0.05, 0) is 71.5 Å². The second-order valence-electron chi connectivity index (χ2n) is 12.0. The van der Waals surface area contributed by atoms with Crippen molar-refractivity contribution >= 4 is 40.5 Å². The zero-order chi connectivity index (χ0) is 31.4. The van der Waals surface area contributed by atoms with Gasteiger partial charge in [-0.25, -0.2) is 0 Å². The van der Waals surface area contributed by atoms with E-state index >= 15 is 0 Å². The molecular weight excluding hydrogens is 546 g/mol. The van der Waals surface area contributed by atoms with E-state index < -0.39 is 63.8 Å². The average Bonchev–Trinajstić information content (AvgIpc) is 2.87. The van der Waals surface area contributed by atoms with Gasteiger partial charge >= 0.3 is 0 Å². The van der Waals surface area contributed by atoms with Gasteiger partial charge in [-0.1, -0.05) is 0 Å². The van der Waals surface area contributed by atoms with Crippen LogP contribution in [0, 0.1) is 11.8 Å². The molecule has 0 bridgehead atoms. The lowest BCUT2D eigenvalue weighted by Crippen LogP contribution is -2.65. The van der Waals surface area contributed by atoms with Gasteiger partial charge in [0.15, 0.2) is 11.4 Å².